The van der Waals surface area contributed by atoms with Crippen LogP contribution in [0.25, 0.3) is 0 Å². The summed E-state index contributed by atoms with van der Waals surface area (Å²) in [5.41, 5.74) is 13.5. The zero-order chi connectivity index (χ0) is 28.4. The van der Waals surface area contributed by atoms with E-state index in [9.17, 15) is 9.59 Å². The minimum absolute atomic E-state index is 0.0195. The predicted molar refractivity (Wildman–Crippen MR) is 154 cm³/mol. The van der Waals surface area contributed by atoms with E-state index in [0.717, 1.165) is 70.6 Å². The molecule has 5 heteroatoms. The average molecular weight is 539 g/mol. The molecule has 0 bridgehead atoms. The quantitative estimate of drug-likeness (QED) is 0.398. The first-order valence-corrected chi connectivity index (χ1v) is 16.0. The summed E-state index contributed by atoms with van der Waals surface area (Å²) in [6, 6.07) is 0. The largest absolute Gasteiger partial charge is 0.369 e. The van der Waals surface area contributed by atoms with Crippen molar-refractivity contribution in [2.24, 2.45) is 67.6 Å². The molecule has 0 spiro atoms. The molecular weight excluding hydrogens is 484 g/mol. The van der Waals surface area contributed by atoms with Crippen LogP contribution in [-0.2, 0) is 14.3 Å². The highest BCUT2D eigenvalue weighted by molar-refractivity contribution is 5.95. The van der Waals surface area contributed by atoms with Crippen molar-refractivity contribution in [3.8, 4) is 0 Å². The van der Waals surface area contributed by atoms with E-state index in [0.29, 0.717) is 23.7 Å². The third kappa shape index (κ3) is 3.70. The molecule has 1 amide bonds. The van der Waals surface area contributed by atoms with Crippen molar-refractivity contribution in [2.75, 3.05) is 0 Å². The molecule has 6 rings (SSSR count). The van der Waals surface area contributed by atoms with Gasteiger partial charge in [0, 0.05) is 17.3 Å². The Balaban J connectivity index is 1.38. The number of primary amides is 1. The minimum atomic E-state index is -0.489. The van der Waals surface area contributed by atoms with Gasteiger partial charge >= 0.3 is 0 Å². The van der Waals surface area contributed by atoms with E-state index in [-0.39, 0.29) is 51.0 Å². The molecule has 10 atom stereocenters. The zero-order valence-electron chi connectivity index (χ0n) is 25.7. The molecule has 0 aliphatic heterocycles. The fourth-order valence-corrected chi connectivity index (χ4v) is 11.5. The summed E-state index contributed by atoms with van der Waals surface area (Å²) in [5.74, 6) is 1.21. The number of ether oxygens (including phenoxy) is 1. The summed E-state index contributed by atoms with van der Waals surface area (Å²) in [4.78, 5) is 27.1. The van der Waals surface area contributed by atoms with E-state index in [1.807, 2.05) is 0 Å². The Morgan fingerprint density at radius 2 is 1.59 bits per heavy atom. The SMILES string of the molecule is CC1(C)C2CC[C@]3(C)[C@H](C(=O)C=C4[C@@H]5C[C@@](C)(C(N)=O)CC[C@]5(C)CC[C@]43C)[C@@]2(C)CC[C@@H]1C(N)OC1CC1. The van der Waals surface area contributed by atoms with Crippen molar-refractivity contribution in [3.63, 3.8) is 0 Å². The maximum absolute atomic E-state index is 14.5. The number of nitrogens with two attached hydrogens (primary N) is 2. The second-order valence-corrected chi connectivity index (χ2v) is 16.9. The molecule has 6 aliphatic carbocycles. The molecule has 218 valence electrons. The van der Waals surface area contributed by atoms with E-state index in [1.54, 1.807) is 0 Å². The summed E-state index contributed by atoms with van der Waals surface area (Å²) in [6.07, 6.45) is 13.8. The monoisotopic (exact) mass is 538 g/mol. The molecule has 0 radical (unpaired) electrons. The third-order valence-electron chi connectivity index (χ3n) is 14.6. The normalized spacial score (nSPS) is 51.5. The lowest BCUT2D eigenvalue weighted by atomic mass is 9.33. The van der Waals surface area contributed by atoms with Crippen LogP contribution < -0.4 is 11.5 Å². The van der Waals surface area contributed by atoms with Crippen LogP contribution in [0.3, 0.4) is 0 Å². The second kappa shape index (κ2) is 8.43. The number of carbonyl (C=O) groups is 2. The van der Waals surface area contributed by atoms with Gasteiger partial charge in [0.25, 0.3) is 0 Å². The number of allylic oxidation sites excluding steroid dienone is 2. The van der Waals surface area contributed by atoms with E-state index in [4.69, 9.17) is 16.2 Å². The molecule has 0 aromatic heterocycles. The standard InChI is InChI=1S/C34H54N2O3/c1-29(2)21(27(35)39-20-8-9-20)10-12-32(5)25(29)11-13-34(7)26(32)24(37)18-22-23-19-31(4,28(36)38)15-14-30(23,3)16-17-33(22,34)6/h18,20-21,23,25-27H,8-17,19,35H2,1-7H3,(H2,36,38)/t21-,23+,25?,26-,27?,30-,31+,32+,33-,34-/m1/s1. The molecule has 0 aromatic rings. The van der Waals surface area contributed by atoms with Crippen LogP contribution in [0, 0.1) is 56.2 Å². The lowest BCUT2D eigenvalue weighted by Crippen LogP contribution is -2.67. The van der Waals surface area contributed by atoms with E-state index in [2.05, 4.69) is 54.5 Å². The first-order valence-electron chi connectivity index (χ1n) is 16.0. The van der Waals surface area contributed by atoms with Crippen LogP contribution in [0.2, 0.25) is 0 Å². The third-order valence-corrected chi connectivity index (χ3v) is 14.6. The van der Waals surface area contributed by atoms with Crippen molar-refractivity contribution in [1.82, 2.24) is 0 Å². The molecule has 0 aromatic carbocycles. The number of rotatable bonds is 4. The van der Waals surface area contributed by atoms with Gasteiger partial charge in [-0.3, -0.25) is 9.59 Å². The summed E-state index contributed by atoms with van der Waals surface area (Å²) < 4.78 is 6.25. The topological polar surface area (TPSA) is 95.4 Å². The zero-order valence-corrected chi connectivity index (χ0v) is 25.7. The first kappa shape index (κ1) is 27.9. The van der Waals surface area contributed by atoms with Gasteiger partial charge in [0.1, 0.15) is 6.23 Å². The summed E-state index contributed by atoms with van der Waals surface area (Å²) in [7, 11) is 0. The molecule has 6 aliphatic rings. The van der Waals surface area contributed by atoms with Gasteiger partial charge in [-0.1, -0.05) is 54.0 Å². The van der Waals surface area contributed by atoms with Crippen LogP contribution in [0.4, 0.5) is 0 Å². The van der Waals surface area contributed by atoms with Gasteiger partial charge in [0.05, 0.1) is 6.10 Å². The molecule has 2 unspecified atom stereocenters. The molecule has 5 fully saturated rings. The van der Waals surface area contributed by atoms with Crippen LogP contribution >= 0.6 is 0 Å². The number of ketones is 1. The molecule has 39 heavy (non-hydrogen) atoms. The van der Waals surface area contributed by atoms with Gasteiger partial charge in [0.2, 0.25) is 5.91 Å². The number of fused-ring (bicyclic) bond motifs is 7. The number of hydrogen-bond donors (Lipinski definition) is 2. The Bertz CT molecular complexity index is 1110. The van der Waals surface area contributed by atoms with Crippen LogP contribution in [-0.4, -0.2) is 24.0 Å². The van der Waals surface area contributed by atoms with Crippen LogP contribution in [0.5, 0.6) is 0 Å². The van der Waals surface area contributed by atoms with E-state index in [1.165, 1.54) is 5.57 Å². The maximum Gasteiger partial charge on any atom is 0.223 e. The highest BCUT2D eigenvalue weighted by Crippen LogP contribution is 2.75. The number of hydrogen-bond acceptors (Lipinski definition) is 4. The molecule has 5 nitrogen and oxygen atoms in total. The summed E-state index contributed by atoms with van der Waals surface area (Å²) in [6.45, 7) is 16.7. The van der Waals surface area contributed by atoms with Crippen molar-refractivity contribution in [1.29, 1.82) is 0 Å². The Labute approximate surface area is 236 Å². The van der Waals surface area contributed by atoms with Gasteiger partial charge < -0.3 is 16.2 Å². The maximum atomic E-state index is 14.5. The van der Waals surface area contributed by atoms with Crippen molar-refractivity contribution in [3.05, 3.63) is 11.6 Å². The van der Waals surface area contributed by atoms with Crippen LogP contribution in [0.15, 0.2) is 11.6 Å². The van der Waals surface area contributed by atoms with Crippen LogP contribution in [0.1, 0.15) is 119 Å². The Morgan fingerprint density at radius 3 is 2.23 bits per heavy atom. The summed E-state index contributed by atoms with van der Waals surface area (Å²) >= 11 is 0. The highest BCUT2D eigenvalue weighted by atomic mass is 16.5. The predicted octanol–water partition coefficient (Wildman–Crippen LogP) is 6.53. The second-order valence-electron chi connectivity index (χ2n) is 16.9. The smallest absolute Gasteiger partial charge is 0.223 e. The molecule has 5 saturated carbocycles. The molecule has 4 N–H and O–H groups in total. The Morgan fingerprint density at radius 1 is 0.923 bits per heavy atom. The van der Waals surface area contributed by atoms with Gasteiger partial charge in [0.15, 0.2) is 5.78 Å². The summed E-state index contributed by atoms with van der Waals surface area (Å²) in [5, 5.41) is 0. The van der Waals surface area contributed by atoms with Gasteiger partial charge in [-0.25, -0.2) is 0 Å². The fraction of sp³-hybridized carbons (Fsp3) is 0.882. The fourth-order valence-electron chi connectivity index (χ4n) is 11.5. The molecule has 0 heterocycles. The molecule has 0 saturated heterocycles. The highest BCUT2D eigenvalue weighted by Gasteiger charge is 2.70. The average Bonchev–Trinajstić information content (AvgIpc) is 3.65. The minimum Gasteiger partial charge on any atom is -0.369 e. The van der Waals surface area contributed by atoms with E-state index < -0.39 is 5.41 Å². The number of carbonyl (C=O) groups excluding carboxylic acids is 2. The number of amides is 1. The Hall–Kier alpha value is -1.20. The van der Waals surface area contributed by atoms with Crippen molar-refractivity contribution in [2.45, 2.75) is 131 Å². The van der Waals surface area contributed by atoms with Crippen molar-refractivity contribution >= 4 is 11.7 Å². The van der Waals surface area contributed by atoms with Gasteiger partial charge in [-0.15, -0.1) is 0 Å². The lowest BCUT2D eigenvalue weighted by molar-refractivity contribution is -0.203. The molecular formula is C34H54N2O3. The van der Waals surface area contributed by atoms with E-state index >= 15 is 0 Å². The lowest BCUT2D eigenvalue weighted by Gasteiger charge is -2.71. The first-order chi connectivity index (χ1) is 18.0. The van der Waals surface area contributed by atoms with Gasteiger partial charge in [-0.2, -0.15) is 0 Å². The van der Waals surface area contributed by atoms with Crippen molar-refractivity contribution < 1.29 is 14.3 Å². The Kier molecular flexibility index (Phi) is 6.04. The van der Waals surface area contributed by atoms with Gasteiger partial charge in [-0.05, 0) is 116 Å².